The van der Waals surface area contributed by atoms with Crippen LogP contribution in [0.2, 0.25) is 0 Å². The van der Waals surface area contributed by atoms with Crippen LogP contribution >= 0.6 is 0 Å². The Labute approximate surface area is 285 Å². The third-order valence-corrected chi connectivity index (χ3v) is 11.1. The second kappa shape index (κ2) is 14.7. The first kappa shape index (κ1) is 34.0. The summed E-state index contributed by atoms with van der Waals surface area (Å²) in [7, 11) is 0. The number of hydrogen-bond donors (Lipinski definition) is 2. The van der Waals surface area contributed by atoms with Gasteiger partial charge in [0, 0.05) is 30.5 Å². The molecule has 0 unspecified atom stereocenters. The van der Waals surface area contributed by atoms with Crippen LogP contribution in [0.1, 0.15) is 101 Å². The second-order valence-electron chi connectivity index (χ2n) is 14.6. The van der Waals surface area contributed by atoms with E-state index >= 15 is 0 Å². The van der Waals surface area contributed by atoms with Crippen molar-refractivity contribution in [2.24, 2.45) is 11.8 Å². The van der Waals surface area contributed by atoms with Gasteiger partial charge < -0.3 is 19.6 Å². The molecule has 4 heterocycles. The molecule has 2 aliphatic heterocycles. The molecule has 0 radical (unpaired) electrons. The predicted molar refractivity (Wildman–Crippen MR) is 192 cm³/mol. The molecular formula is C40H52N6O2. The van der Waals surface area contributed by atoms with Crippen LogP contribution in [0.4, 0.5) is 0 Å². The fourth-order valence-corrected chi connectivity index (χ4v) is 8.29. The van der Waals surface area contributed by atoms with Gasteiger partial charge in [0.25, 0.3) is 0 Å². The summed E-state index contributed by atoms with van der Waals surface area (Å²) >= 11 is 0. The quantitative estimate of drug-likeness (QED) is 0.142. The number of imidazole rings is 2. The lowest BCUT2D eigenvalue weighted by Gasteiger charge is -2.33. The number of nitrogens with zero attached hydrogens (tertiary/aromatic N) is 4. The zero-order chi connectivity index (χ0) is 33.9. The maximum absolute atomic E-state index is 11.4. The molecule has 2 fully saturated rings. The van der Waals surface area contributed by atoms with E-state index in [1.54, 1.807) is 0 Å². The first-order valence-corrected chi connectivity index (χ1v) is 17.9. The van der Waals surface area contributed by atoms with E-state index in [9.17, 15) is 9.59 Å². The average Bonchev–Trinajstić information content (AvgIpc) is 3.90. The van der Waals surface area contributed by atoms with E-state index < -0.39 is 0 Å². The number of likely N-dealkylation sites (tertiary alicyclic amines) is 2. The molecule has 2 N–H and O–H groups in total. The Morgan fingerprint density at radius 1 is 0.688 bits per heavy atom. The zero-order valence-electron chi connectivity index (χ0n) is 29.5. The van der Waals surface area contributed by atoms with Gasteiger partial charge in [-0.2, -0.15) is 0 Å². The molecule has 0 spiro atoms. The molecule has 6 rings (SSSR count). The first-order chi connectivity index (χ1) is 23.2. The number of aromatic amines is 2. The van der Waals surface area contributed by atoms with Crippen molar-refractivity contribution in [1.82, 2.24) is 29.7 Å². The largest absolute Gasteiger partial charge is 0.341 e. The summed E-state index contributed by atoms with van der Waals surface area (Å²) in [6, 6.07) is 14.1. The lowest BCUT2D eigenvalue weighted by molar-refractivity contribution is -0.110. The smallest absolute Gasteiger partial charge is 0.123 e. The van der Waals surface area contributed by atoms with Gasteiger partial charge in [-0.05, 0) is 92.3 Å². The van der Waals surface area contributed by atoms with Gasteiger partial charge in [0.15, 0.2) is 0 Å². The van der Waals surface area contributed by atoms with E-state index in [-0.39, 0.29) is 24.2 Å². The van der Waals surface area contributed by atoms with Gasteiger partial charge in [0.2, 0.25) is 0 Å². The second-order valence-corrected chi connectivity index (χ2v) is 14.6. The molecule has 48 heavy (non-hydrogen) atoms. The highest BCUT2D eigenvalue weighted by Crippen LogP contribution is 2.39. The van der Waals surface area contributed by atoms with Gasteiger partial charge in [0.1, 0.15) is 24.2 Å². The molecule has 0 amide bonds. The van der Waals surface area contributed by atoms with Crippen molar-refractivity contribution >= 4 is 12.6 Å². The normalized spacial score (nSPS) is 20.2. The minimum absolute atomic E-state index is 0.216. The summed E-state index contributed by atoms with van der Waals surface area (Å²) in [5, 5.41) is 0. The SMILES string of the molecule is Cc1c(-c2ccc(-c3cnc([C@@H]4CCCN4[C@H](CC=O)C(C)C)[nH]3)cc2)ccc(-c2cnc([C@@H]3CCCN3[C@H](CC=O)C(C)C)[nH]2)c1C. The van der Waals surface area contributed by atoms with E-state index in [0.29, 0.717) is 24.7 Å². The third-order valence-electron chi connectivity index (χ3n) is 11.1. The minimum atomic E-state index is 0.216. The van der Waals surface area contributed by atoms with Crippen molar-refractivity contribution in [3.63, 3.8) is 0 Å². The molecular weight excluding hydrogens is 596 g/mol. The van der Waals surface area contributed by atoms with Gasteiger partial charge in [-0.1, -0.05) is 64.1 Å². The van der Waals surface area contributed by atoms with E-state index in [4.69, 9.17) is 9.97 Å². The molecule has 4 atom stereocenters. The number of aldehydes is 2. The van der Waals surface area contributed by atoms with Crippen LogP contribution in [0, 0.1) is 25.7 Å². The van der Waals surface area contributed by atoms with Crippen molar-refractivity contribution in [3.8, 4) is 33.6 Å². The van der Waals surface area contributed by atoms with Crippen molar-refractivity contribution in [1.29, 1.82) is 0 Å². The molecule has 2 saturated heterocycles. The lowest BCUT2D eigenvalue weighted by Crippen LogP contribution is -2.39. The van der Waals surface area contributed by atoms with Gasteiger partial charge in [-0.3, -0.25) is 9.80 Å². The first-order valence-electron chi connectivity index (χ1n) is 17.9. The number of benzene rings is 2. The molecule has 2 aromatic heterocycles. The number of hydrogen-bond acceptors (Lipinski definition) is 6. The Hall–Kier alpha value is -3.88. The van der Waals surface area contributed by atoms with Gasteiger partial charge in [-0.25, -0.2) is 9.97 Å². The summed E-state index contributed by atoms with van der Waals surface area (Å²) in [5.41, 5.74) is 9.24. The Balaban J connectivity index is 1.18. The van der Waals surface area contributed by atoms with E-state index in [2.05, 4.69) is 97.7 Å². The standard InChI is InChI=1S/C40H52N6O2/c1-25(2)35(17-21-47)45-19-7-9-37(45)39-41-23-33(43-39)30-13-11-29(12-14-30)31-15-16-32(28(6)27(31)5)34-24-42-40(44-34)38-10-8-20-46(38)36(18-22-48)26(3)4/h11-16,21-26,35-38H,7-10,17-20H2,1-6H3,(H,41,43)(H,42,44)/t35-,36-,37+,38+/m1/s1. The number of carbonyl (C=O) groups is 2. The summed E-state index contributed by atoms with van der Waals surface area (Å²) in [6.07, 6.45) is 11.5. The Kier molecular flexibility index (Phi) is 10.4. The van der Waals surface area contributed by atoms with Gasteiger partial charge in [0.05, 0.1) is 35.9 Å². The monoisotopic (exact) mass is 648 g/mol. The van der Waals surface area contributed by atoms with Crippen molar-refractivity contribution < 1.29 is 9.59 Å². The Morgan fingerprint density at radius 2 is 1.15 bits per heavy atom. The fraction of sp³-hybridized carbons (Fsp3) is 0.500. The van der Waals surface area contributed by atoms with Crippen molar-refractivity contribution in [2.45, 2.75) is 104 Å². The van der Waals surface area contributed by atoms with E-state index in [1.165, 1.54) is 27.8 Å². The Bertz CT molecular complexity index is 1700. The van der Waals surface area contributed by atoms with Crippen LogP contribution in [-0.2, 0) is 9.59 Å². The molecule has 4 aromatic rings. The molecule has 254 valence electrons. The lowest BCUT2D eigenvalue weighted by atomic mass is 9.92. The van der Waals surface area contributed by atoms with Gasteiger partial charge in [-0.15, -0.1) is 0 Å². The van der Waals surface area contributed by atoms with Crippen LogP contribution in [0.5, 0.6) is 0 Å². The fourth-order valence-electron chi connectivity index (χ4n) is 8.29. The maximum atomic E-state index is 11.4. The molecule has 0 saturated carbocycles. The van der Waals surface area contributed by atoms with Crippen LogP contribution in [-0.4, -0.2) is 67.5 Å². The number of H-pyrrole nitrogens is 2. The zero-order valence-corrected chi connectivity index (χ0v) is 29.5. The highest BCUT2D eigenvalue weighted by atomic mass is 16.1. The van der Waals surface area contributed by atoms with E-state index in [1.807, 2.05) is 12.4 Å². The number of carbonyl (C=O) groups excluding carboxylic acids is 2. The predicted octanol–water partition coefficient (Wildman–Crippen LogP) is 8.25. The van der Waals surface area contributed by atoms with Crippen LogP contribution in [0.15, 0.2) is 48.8 Å². The van der Waals surface area contributed by atoms with Crippen LogP contribution in [0.3, 0.4) is 0 Å². The molecule has 2 aromatic carbocycles. The number of rotatable bonds is 13. The highest BCUT2D eigenvalue weighted by Gasteiger charge is 2.36. The maximum Gasteiger partial charge on any atom is 0.123 e. The molecule has 0 bridgehead atoms. The molecule has 0 aliphatic carbocycles. The summed E-state index contributed by atoms with van der Waals surface area (Å²) in [4.78, 5) is 44.8. The van der Waals surface area contributed by atoms with E-state index in [0.717, 1.165) is 79.9 Å². The third kappa shape index (κ3) is 6.70. The molecule has 8 heteroatoms. The number of aromatic nitrogens is 4. The van der Waals surface area contributed by atoms with Crippen LogP contribution < -0.4 is 0 Å². The van der Waals surface area contributed by atoms with Gasteiger partial charge >= 0.3 is 0 Å². The summed E-state index contributed by atoms with van der Waals surface area (Å²) in [6.45, 7) is 15.2. The average molecular weight is 649 g/mol. The summed E-state index contributed by atoms with van der Waals surface area (Å²) < 4.78 is 0. The molecule has 8 nitrogen and oxygen atoms in total. The van der Waals surface area contributed by atoms with Crippen molar-refractivity contribution in [3.05, 3.63) is 71.6 Å². The van der Waals surface area contributed by atoms with Crippen molar-refractivity contribution in [2.75, 3.05) is 13.1 Å². The topological polar surface area (TPSA) is 98.0 Å². The summed E-state index contributed by atoms with van der Waals surface area (Å²) in [5.74, 6) is 2.82. The molecule has 2 aliphatic rings. The minimum Gasteiger partial charge on any atom is -0.341 e. The highest BCUT2D eigenvalue weighted by molar-refractivity contribution is 5.77. The Morgan fingerprint density at radius 3 is 1.67 bits per heavy atom. The number of nitrogens with one attached hydrogen (secondary N) is 2. The van der Waals surface area contributed by atoms with Crippen LogP contribution in [0.25, 0.3) is 33.6 Å².